The van der Waals surface area contributed by atoms with E-state index in [1.54, 1.807) is 0 Å². The van der Waals surface area contributed by atoms with Crippen LogP contribution >= 0.6 is 0 Å². The van der Waals surface area contributed by atoms with Crippen LogP contribution in [0, 0.1) is 0 Å². The van der Waals surface area contributed by atoms with Gasteiger partial charge in [0.15, 0.2) is 0 Å². The summed E-state index contributed by atoms with van der Waals surface area (Å²) in [6, 6.07) is -0.538. The van der Waals surface area contributed by atoms with Crippen molar-refractivity contribution in [1.82, 2.24) is 5.32 Å². The Morgan fingerprint density at radius 3 is 0.988 bits per heavy atom. The van der Waals surface area contributed by atoms with Crippen LogP contribution in [0.5, 0.6) is 0 Å². The van der Waals surface area contributed by atoms with E-state index in [2.05, 4.69) is 43.5 Å². The molecule has 0 radical (unpaired) electrons. The van der Waals surface area contributed by atoms with Crippen molar-refractivity contribution in [2.45, 2.75) is 431 Å². The van der Waals surface area contributed by atoms with Gasteiger partial charge in [-0.05, 0) is 51.4 Å². The van der Waals surface area contributed by atoms with Crippen molar-refractivity contribution in [3.05, 3.63) is 24.3 Å². The predicted octanol–water partition coefficient (Wildman–Crippen LogP) is 24.1. The quantitative estimate of drug-likeness (QED) is 0.0320. The summed E-state index contributed by atoms with van der Waals surface area (Å²) in [5, 5.41) is 23.4. The van der Waals surface area contributed by atoms with Crippen molar-refractivity contribution in [2.75, 3.05) is 13.2 Å². The van der Waals surface area contributed by atoms with E-state index < -0.39 is 12.1 Å². The Labute approximate surface area is 507 Å². The van der Waals surface area contributed by atoms with E-state index >= 15 is 0 Å². The molecule has 2 atom stereocenters. The first-order chi connectivity index (χ1) is 40.0. The Bertz CT molecular complexity index is 1270. The van der Waals surface area contributed by atoms with Crippen molar-refractivity contribution in [3.63, 3.8) is 0 Å². The Hall–Kier alpha value is -1.66. The average molecular weight is 1140 g/mol. The summed E-state index contributed by atoms with van der Waals surface area (Å²) in [5.74, 6) is -0.0195. The summed E-state index contributed by atoms with van der Waals surface area (Å²) in [4.78, 5) is 24.6. The number of esters is 1. The number of carbonyl (C=O) groups excluding carboxylic acids is 2. The minimum absolute atomic E-state index is 0.00647. The van der Waals surface area contributed by atoms with E-state index in [1.165, 1.54) is 334 Å². The number of aliphatic hydroxyl groups is 2. The third kappa shape index (κ3) is 67.3. The number of amides is 1. The molecule has 0 aromatic rings. The van der Waals surface area contributed by atoms with Crippen LogP contribution in [0.2, 0.25) is 0 Å². The van der Waals surface area contributed by atoms with E-state index in [0.717, 1.165) is 51.4 Å². The monoisotopic (exact) mass is 1140 g/mol. The van der Waals surface area contributed by atoms with Crippen LogP contribution in [0.25, 0.3) is 0 Å². The number of carbonyl (C=O) groups is 2. The third-order valence-electron chi connectivity index (χ3n) is 17.5. The van der Waals surface area contributed by atoms with Crippen molar-refractivity contribution in [1.29, 1.82) is 0 Å². The summed E-state index contributed by atoms with van der Waals surface area (Å²) >= 11 is 0. The molecule has 0 aromatic carbocycles. The maximum absolute atomic E-state index is 12.5. The second-order valence-electron chi connectivity index (χ2n) is 25.6. The minimum atomic E-state index is -0.661. The number of hydrogen-bond acceptors (Lipinski definition) is 5. The first-order valence-corrected chi connectivity index (χ1v) is 37.1. The van der Waals surface area contributed by atoms with E-state index in [-0.39, 0.29) is 18.5 Å². The normalized spacial score (nSPS) is 12.6. The van der Waals surface area contributed by atoms with Gasteiger partial charge in [-0.1, -0.05) is 378 Å². The summed E-state index contributed by atoms with van der Waals surface area (Å²) in [7, 11) is 0. The molecule has 81 heavy (non-hydrogen) atoms. The highest BCUT2D eigenvalue weighted by atomic mass is 16.5. The first kappa shape index (κ1) is 79.3. The number of ether oxygens (including phenoxy) is 1. The first-order valence-electron chi connectivity index (χ1n) is 37.1. The van der Waals surface area contributed by atoms with Gasteiger partial charge in [0.1, 0.15) is 0 Å². The van der Waals surface area contributed by atoms with Crippen LogP contribution in [0.4, 0.5) is 0 Å². The molecule has 0 bridgehead atoms. The van der Waals surface area contributed by atoms with Gasteiger partial charge in [0.2, 0.25) is 5.91 Å². The molecule has 6 heteroatoms. The lowest BCUT2D eigenvalue weighted by molar-refractivity contribution is -0.143. The van der Waals surface area contributed by atoms with Gasteiger partial charge in [0.05, 0.1) is 25.4 Å². The van der Waals surface area contributed by atoms with Gasteiger partial charge >= 0.3 is 5.97 Å². The van der Waals surface area contributed by atoms with Crippen molar-refractivity contribution >= 4 is 11.9 Å². The number of rotatable bonds is 70. The fourth-order valence-electron chi connectivity index (χ4n) is 11.9. The molecular weight excluding hydrogens is 995 g/mol. The summed E-state index contributed by atoms with van der Waals surface area (Å²) in [5.41, 5.74) is 0. The lowest BCUT2D eigenvalue weighted by Gasteiger charge is -2.22. The predicted molar refractivity (Wildman–Crippen MR) is 356 cm³/mol. The smallest absolute Gasteiger partial charge is 0.305 e. The molecule has 0 saturated heterocycles. The van der Waals surface area contributed by atoms with Gasteiger partial charge in [-0.2, -0.15) is 0 Å². The highest BCUT2D eigenvalue weighted by Crippen LogP contribution is 2.20. The topological polar surface area (TPSA) is 95.9 Å². The summed E-state index contributed by atoms with van der Waals surface area (Å²) in [6.07, 6.45) is 89.6. The molecule has 0 spiro atoms. The maximum Gasteiger partial charge on any atom is 0.305 e. The molecule has 480 valence electrons. The zero-order chi connectivity index (χ0) is 58.5. The third-order valence-corrected chi connectivity index (χ3v) is 17.5. The fourth-order valence-corrected chi connectivity index (χ4v) is 11.9. The van der Waals surface area contributed by atoms with E-state index in [4.69, 9.17) is 4.74 Å². The Kier molecular flexibility index (Phi) is 69.4. The summed E-state index contributed by atoms with van der Waals surface area (Å²) < 4.78 is 5.48. The molecule has 6 nitrogen and oxygen atoms in total. The lowest BCUT2D eigenvalue weighted by Crippen LogP contribution is -2.45. The van der Waals surface area contributed by atoms with Gasteiger partial charge in [-0.25, -0.2) is 0 Å². The number of unbranched alkanes of at least 4 members (excludes halogenated alkanes) is 55. The molecule has 0 saturated carbocycles. The van der Waals surface area contributed by atoms with Gasteiger partial charge < -0.3 is 20.3 Å². The fraction of sp³-hybridized carbons (Fsp3) is 0.920. The van der Waals surface area contributed by atoms with Crippen molar-refractivity contribution in [3.8, 4) is 0 Å². The Morgan fingerprint density at radius 2 is 0.642 bits per heavy atom. The average Bonchev–Trinajstić information content (AvgIpc) is 3.47. The number of hydrogen-bond donors (Lipinski definition) is 3. The zero-order valence-electron chi connectivity index (χ0n) is 55.0. The Balaban J connectivity index is 3.32. The van der Waals surface area contributed by atoms with Crippen molar-refractivity contribution < 1.29 is 24.5 Å². The highest BCUT2D eigenvalue weighted by Gasteiger charge is 2.20. The van der Waals surface area contributed by atoms with Crippen LogP contribution in [-0.4, -0.2) is 47.4 Å². The summed E-state index contributed by atoms with van der Waals surface area (Å²) in [6.45, 7) is 4.93. The van der Waals surface area contributed by atoms with E-state index in [9.17, 15) is 19.8 Å². The molecular formula is C75H145NO5. The number of nitrogens with one attached hydrogen (secondary N) is 1. The maximum atomic E-state index is 12.5. The van der Waals surface area contributed by atoms with Crippen LogP contribution in [0.3, 0.4) is 0 Å². The second-order valence-corrected chi connectivity index (χ2v) is 25.6. The zero-order valence-corrected chi connectivity index (χ0v) is 55.0. The van der Waals surface area contributed by atoms with Crippen LogP contribution in [-0.2, 0) is 14.3 Å². The molecule has 3 N–H and O–H groups in total. The molecule has 2 unspecified atom stereocenters. The van der Waals surface area contributed by atoms with Crippen molar-refractivity contribution in [2.24, 2.45) is 0 Å². The molecule has 0 rings (SSSR count). The molecule has 0 aliphatic carbocycles. The molecule has 0 aliphatic rings. The van der Waals surface area contributed by atoms with Gasteiger partial charge in [0.25, 0.3) is 0 Å². The standard InChI is InChI=1S/C75H145NO5/c1-3-5-7-9-11-13-15-17-18-19-34-37-40-44-47-51-55-59-63-67-73(78)72(71-77)76-74(79)68-64-60-56-52-48-45-41-38-35-32-30-28-26-24-22-20-21-23-25-27-29-31-33-36-39-42-46-50-54-58-62-66-70-81-75(80)69-65-61-57-53-49-43-16-14-12-10-8-6-4-2/h8,10,14,16,72-73,77-78H,3-7,9,11-13,15,17-71H2,1-2H3,(H,76,79)/b10-8-,16-14-. The molecule has 1 amide bonds. The van der Waals surface area contributed by atoms with Crippen LogP contribution in [0.1, 0.15) is 418 Å². The molecule has 0 aliphatic heterocycles. The van der Waals surface area contributed by atoms with Crippen LogP contribution in [0.15, 0.2) is 24.3 Å². The van der Waals surface area contributed by atoms with Gasteiger partial charge in [0, 0.05) is 12.8 Å². The largest absolute Gasteiger partial charge is 0.466 e. The lowest BCUT2D eigenvalue weighted by atomic mass is 10.0. The van der Waals surface area contributed by atoms with Crippen LogP contribution < -0.4 is 5.32 Å². The molecule has 0 aromatic heterocycles. The molecule has 0 fully saturated rings. The Morgan fingerprint density at radius 1 is 0.346 bits per heavy atom. The highest BCUT2D eigenvalue weighted by molar-refractivity contribution is 5.76. The van der Waals surface area contributed by atoms with E-state index in [0.29, 0.717) is 25.9 Å². The second kappa shape index (κ2) is 70.8. The van der Waals surface area contributed by atoms with Gasteiger partial charge in [-0.3, -0.25) is 9.59 Å². The minimum Gasteiger partial charge on any atom is -0.466 e. The number of allylic oxidation sites excluding steroid dienone is 4. The SMILES string of the molecule is CCC/C=C\C/C=C\CCCCCCCC(=O)OCCCCCCCCCCCCCCCCCCCCCCCCCCCCCCCCCCC(=O)NC(CO)C(O)CCCCCCCCCCCCCCCCCCCCC. The number of aliphatic hydroxyl groups excluding tert-OH is 2. The molecule has 0 heterocycles. The van der Waals surface area contributed by atoms with Gasteiger partial charge in [-0.15, -0.1) is 0 Å². The van der Waals surface area contributed by atoms with E-state index in [1.807, 2.05) is 0 Å².